The fourth-order valence-corrected chi connectivity index (χ4v) is 1.11. The molecule has 16 heavy (non-hydrogen) atoms. The lowest BCUT2D eigenvalue weighted by Crippen LogP contribution is -2.45. The summed E-state index contributed by atoms with van der Waals surface area (Å²) < 4.78 is 4.99. The first-order valence-corrected chi connectivity index (χ1v) is 5.23. The number of carbonyl (C=O) groups excluding carboxylic acids is 1. The molecular weight excluding hydrogens is 206 g/mol. The van der Waals surface area contributed by atoms with Gasteiger partial charge in [0.1, 0.15) is 0 Å². The second-order valence-corrected chi connectivity index (χ2v) is 5.06. The SMILES string of the molecule is Cc1noc(NC(=O)[C@@H](N)C(C)(C)C)c1C. The van der Waals surface area contributed by atoms with Crippen molar-refractivity contribution in [1.29, 1.82) is 0 Å². The highest BCUT2D eigenvalue weighted by Crippen LogP contribution is 2.21. The minimum atomic E-state index is -0.586. The highest BCUT2D eigenvalue weighted by molar-refractivity contribution is 5.94. The Balaban J connectivity index is 2.76. The largest absolute Gasteiger partial charge is 0.338 e. The summed E-state index contributed by atoms with van der Waals surface area (Å²) in [5.41, 5.74) is 7.13. The lowest BCUT2D eigenvalue weighted by Gasteiger charge is -2.25. The van der Waals surface area contributed by atoms with Crippen molar-refractivity contribution in [3.05, 3.63) is 11.3 Å². The molecule has 0 aliphatic carbocycles. The molecule has 1 aromatic rings. The van der Waals surface area contributed by atoms with E-state index in [1.165, 1.54) is 0 Å². The van der Waals surface area contributed by atoms with Gasteiger partial charge in [0.15, 0.2) is 0 Å². The molecule has 1 heterocycles. The van der Waals surface area contributed by atoms with E-state index in [1.807, 2.05) is 34.6 Å². The number of nitrogens with one attached hydrogen (secondary N) is 1. The van der Waals surface area contributed by atoms with E-state index < -0.39 is 6.04 Å². The van der Waals surface area contributed by atoms with Crippen LogP contribution in [0, 0.1) is 19.3 Å². The molecule has 90 valence electrons. The molecule has 5 heteroatoms. The van der Waals surface area contributed by atoms with Crippen molar-refractivity contribution < 1.29 is 9.32 Å². The standard InChI is InChI=1S/C11H19N3O2/c1-6-7(2)14-16-10(6)13-9(15)8(12)11(3,4)5/h8H,12H2,1-5H3,(H,13,15)/t8-/m1/s1. The van der Waals surface area contributed by atoms with Gasteiger partial charge in [-0.25, -0.2) is 0 Å². The number of aromatic nitrogens is 1. The molecule has 1 atom stereocenters. The first-order valence-electron chi connectivity index (χ1n) is 5.23. The van der Waals surface area contributed by atoms with Gasteiger partial charge in [0.05, 0.1) is 11.7 Å². The summed E-state index contributed by atoms with van der Waals surface area (Å²) >= 11 is 0. The lowest BCUT2D eigenvalue weighted by molar-refractivity contribution is -0.119. The van der Waals surface area contributed by atoms with E-state index in [0.717, 1.165) is 11.3 Å². The predicted octanol–water partition coefficient (Wildman–Crippen LogP) is 1.60. The predicted molar refractivity (Wildman–Crippen MR) is 62.0 cm³/mol. The van der Waals surface area contributed by atoms with Crippen molar-refractivity contribution in [2.24, 2.45) is 11.1 Å². The van der Waals surface area contributed by atoms with E-state index in [9.17, 15) is 4.79 Å². The minimum Gasteiger partial charge on any atom is -0.338 e. The number of rotatable bonds is 2. The van der Waals surface area contributed by atoms with Crippen LogP contribution in [0.1, 0.15) is 32.0 Å². The summed E-state index contributed by atoms with van der Waals surface area (Å²) in [6.45, 7) is 9.39. The van der Waals surface area contributed by atoms with Crippen molar-refractivity contribution in [3.8, 4) is 0 Å². The van der Waals surface area contributed by atoms with Crippen molar-refractivity contribution >= 4 is 11.8 Å². The number of nitrogens with zero attached hydrogens (tertiary/aromatic N) is 1. The van der Waals surface area contributed by atoms with Crippen LogP contribution in [0.25, 0.3) is 0 Å². The van der Waals surface area contributed by atoms with Gasteiger partial charge in [-0.1, -0.05) is 25.9 Å². The molecule has 3 N–H and O–H groups in total. The molecule has 1 rings (SSSR count). The van der Waals surface area contributed by atoms with Crippen LogP contribution in [0.3, 0.4) is 0 Å². The van der Waals surface area contributed by atoms with Crippen LogP contribution in [0.2, 0.25) is 0 Å². The van der Waals surface area contributed by atoms with Gasteiger partial charge in [0.2, 0.25) is 11.8 Å². The van der Waals surface area contributed by atoms with Gasteiger partial charge in [-0.05, 0) is 19.3 Å². The third kappa shape index (κ3) is 2.61. The zero-order chi connectivity index (χ0) is 12.5. The number of hydrogen-bond donors (Lipinski definition) is 2. The maximum atomic E-state index is 11.8. The normalized spacial score (nSPS) is 13.6. The van der Waals surface area contributed by atoms with Gasteiger partial charge in [-0.2, -0.15) is 0 Å². The van der Waals surface area contributed by atoms with E-state index in [-0.39, 0.29) is 11.3 Å². The molecule has 5 nitrogen and oxygen atoms in total. The molecule has 0 unspecified atom stereocenters. The van der Waals surface area contributed by atoms with Crippen LogP contribution in [-0.2, 0) is 4.79 Å². The Morgan fingerprint density at radius 2 is 2.00 bits per heavy atom. The number of hydrogen-bond acceptors (Lipinski definition) is 4. The molecular formula is C11H19N3O2. The van der Waals surface area contributed by atoms with Crippen LogP contribution < -0.4 is 11.1 Å². The number of amides is 1. The Bertz CT molecular complexity index is 390. The summed E-state index contributed by atoms with van der Waals surface area (Å²) in [6, 6.07) is -0.586. The highest BCUT2D eigenvalue weighted by atomic mass is 16.5. The maximum Gasteiger partial charge on any atom is 0.244 e. The van der Waals surface area contributed by atoms with Crippen molar-refractivity contribution in [3.63, 3.8) is 0 Å². The van der Waals surface area contributed by atoms with E-state index in [1.54, 1.807) is 0 Å². The van der Waals surface area contributed by atoms with E-state index >= 15 is 0 Å². The molecule has 0 radical (unpaired) electrons. The van der Waals surface area contributed by atoms with Gasteiger partial charge in [0.25, 0.3) is 0 Å². The second-order valence-electron chi connectivity index (χ2n) is 5.06. The topological polar surface area (TPSA) is 81.2 Å². The van der Waals surface area contributed by atoms with Crippen LogP contribution in [-0.4, -0.2) is 17.1 Å². The Kier molecular flexibility index (Phi) is 3.38. The highest BCUT2D eigenvalue weighted by Gasteiger charge is 2.28. The third-order valence-electron chi connectivity index (χ3n) is 2.61. The van der Waals surface area contributed by atoms with E-state index in [4.69, 9.17) is 10.3 Å². The van der Waals surface area contributed by atoms with Gasteiger partial charge in [-0.3, -0.25) is 10.1 Å². The van der Waals surface area contributed by atoms with Crippen LogP contribution in [0.4, 0.5) is 5.88 Å². The Labute approximate surface area is 95.4 Å². The van der Waals surface area contributed by atoms with E-state index in [2.05, 4.69) is 10.5 Å². The van der Waals surface area contributed by atoms with Crippen LogP contribution in [0.15, 0.2) is 4.52 Å². The van der Waals surface area contributed by atoms with Crippen molar-refractivity contribution in [1.82, 2.24) is 5.16 Å². The van der Waals surface area contributed by atoms with Crippen LogP contribution >= 0.6 is 0 Å². The first-order chi connectivity index (χ1) is 7.23. The Morgan fingerprint density at radius 1 is 1.44 bits per heavy atom. The quantitative estimate of drug-likeness (QED) is 0.801. The molecule has 0 aliphatic rings. The van der Waals surface area contributed by atoms with Gasteiger partial charge >= 0.3 is 0 Å². The molecule has 0 aliphatic heterocycles. The molecule has 0 saturated heterocycles. The summed E-state index contributed by atoms with van der Waals surface area (Å²) in [5, 5.41) is 6.40. The summed E-state index contributed by atoms with van der Waals surface area (Å²) in [4.78, 5) is 11.8. The van der Waals surface area contributed by atoms with Crippen molar-refractivity contribution in [2.45, 2.75) is 40.7 Å². The first kappa shape index (κ1) is 12.7. The average molecular weight is 225 g/mol. The minimum absolute atomic E-state index is 0.258. The molecule has 0 spiro atoms. The van der Waals surface area contributed by atoms with Crippen LogP contribution in [0.5, 0.6) is 0 Å². The third-order valence-corrected chi connectivity index (χ3v) is 2.61. The second kappa shape index (κ2) is 4.25. The molecule has 0 bridgehead atoms. The smallest absolute Gasteiger partial charge is 0.244 e. The maximum absolute atomic E-state index is 11.8. The summed E-state index contributed by atoms with van der Waals surface area (Å²) in [6.07, 6.45) is 0. The fraction of sp³-hybridized carbons (Fsp3) is 0.636. The van der Waals surface area contributed by atoms with Gasteiger partial charge in [-0.15, -0.1) is 0 Å². The Morgan fingerprint density at radius 3 is 2.38 bits per heavy atom. The van der Waals surface area contributed by atoms with Crippen molar-refractivity contribution in [2.75, 3.05) is 5.32 Å². The zero-order valence-electron chi connectivity index (χ0n) is 10.4. The average Bonchev–Trinajstić information content (AvgIpc) is 2.47. The van der Waals surface area contributed by atoms with Gasteiger partial charge < -0.3 is 10.3 Å². The molecule has 0 fully saturated rings. The molecule has 1 aromatic heterocycles. The lowest BCUT2D eigenvalue weighted by atomic mass is 9.87. The molecule has 1 amide bonds. The Hall–Kier alpha value is -1.36. The summed E-state index contributed by atoms with van der Waals surface area (Å²) in [7, 11) is 0. The number of anilines is 1. The number of nitrogens with two attached hydrogens (primary N) is 1. The number of aryl methyl sites for hydroxylation is 1. The van der Waals surface area contributed by atoms with Gasteiger partial charge in [0, 0.05) is 5.56 Å². The molecule has 0 aromatic carbocycles. The summed E-state index contributed by atoms with van der Waals surface area (Å²) in [5.74, 6) is 0.119. The fourth-order valence-electron chi connectivity index (χ4n) is 1.11. The monoisotopic (exact) mass is 225 g/mol. The zero-order valence-corrected chi connectivity index (χ0v) is 10.4. The molecule has 0 saturated carbocycles. The number of carbonyl (C=O) groups is 1. The van der Waals surface area contributed by atoms with E-state index in [0.29, 0.717) is 5.88 Å².